The summed E-state index contributed by atoms with van der Waals surface area (Å²) in [6.45, 7) is 2.86. The number of rotatable bonds is 6. The van der Waals surface area contributed by atoms with Crippen molar-refractivity contribution in [1.29, 1.82) is 0 Å². The van der Waals surface area contributed by atoms with Gasteiger partial charge in [-0.05, 0) is 43.0 Å². The number of benzene rings is 2. The highest BCUT2D eigenvalue weighted by Gasteiger charge is 2.22. The van der Waals surface area contributed by atoms with E-state index >= 15 is 0 Å². The van der Waals surface area contributed by atoms with Crippen molar-refractivity contribution in [2.75, 3.05) is 46.9 Å². The number of carbonyl (C=O) groups is 2. The lowest BCUT2D eigenvalue weighted by molar-refractivity contribution is -0.131. The Morgan fingerprint density at radius 2 is 1.85 bits per heavy atom. The van der Waals surface area contributed by atoms with Crippen molar-refractivity contribution in [2.24, 2.45) is 0 Å². The second-order valence-electron chi connectivity index (χ2n) is 7.93. The standard InChI is InChI=1S/C24H26FN5O3/c1-29-11-13-30(14-12-29)21(31)15-26-24(32)18-8-10-20-22(23(18)33-2)19(27-28-20)9-5-16-3-6-17(25)7-4-16/h3-10H,11-15H2,1-2H3,(H,26,32)(H,27,28). The van der Waals surface area contributed by atoms with Crippen LogP contribution in [0, 0.1) is 5.82 Å². The molecule has 3 aromatic rings. The molecule has 0 aliphatic carbocycles. The maximum absolute atomic E-state index is 13.1. The van der Waals surface area contributed by atoms with Crippen molar-refractivity contribution in [2.45, 2.75) is 0 Å². The molecule has 0 bridgehead atoms. The van der Waals surface area contributed by atoms with Gasteiger partial charge in [-0.25, -0.2) is 4.39 Å². The van der Waals surface area contributed by atoms with Gasteiger partial charge in [0.25, 0.3) is 5.91 Å². The number of hydrogen-bond donors (Lipinski definition) is 2. The number of aromatic nitrogens is 2. The third-order valence-electron chi connectivity index (χ3n) is 5.72. The van der Waals surface area contributed by atoms with E-state index in [1.54, 1.807) is 41.3 Å². The lowest BCUT2D eigenvalue weighted by atomic mass is 10.1. The molecular weight excluding hydrogens is 425 g/mol. The van der Waals surface area contributed by atoms with Gasteiger partial charge < -0.3 is 19.9 Å². The average Bonchev–Trinajstić information content (AvgIpc) is 3.25. The first-order valence-electron chi connectivity index (χ1n) is 10.7. The van der Waals surface area contributed by atoms with Gasteiger partial charge in [0, 0.05) is 26.2 Å². The number of fused-ring (bicyclic) bond motifs is 1. The predicted octanol–water partition coefficient (Wildman–Crippen LogP) is 2.38. The van der Waals surface area contributed by atoms with Crippen molar-refractivity contribution < 1.29 is 18.7 Å². The molecule has 172 valence electrons. The minimum absolute atomic E-state index is 0.0769. The van der Waals surface area contributed by atoms with Crippen molar-refractivity contribution in [3.05, 3.63) is 59.0 Å². The van der Waals surface area contributed by atoms with Crippen LogP contribution in [0.3, 0.4) is 0 Å². The molecule has 0 unspecified atom stereocenters. The molecule has 1 aliphatic rings. The number of H-pyrrole nitrogens is 1. The zero-order valence-corrected chi connectivity index (χ0v) is 18.6. The Bertz CT molecular complexity index is 1180. The predicted molar refractivity (Wildman–Crippen MR) is 124 cm³/mol. The fourth-order valence-corrected chi connectivity index (χ4v) is 3.79. The second kappa shape index (κ2) is 9.83. The normalized spacial score (nSPS) is 14.7. The number of aromatic amines is 1. The summed E-state index contributed by atoms with van der Waals surface area (Å²) in [5.41, 5.74) is 2.40. The molecule has 0 spiro atoms. The summed E-state index contributed by atoms with van der Waals surface area (Å²) in [5.74, 6) is -0.445. The van der Waals surface area contributed by atoms with Crippen LogP contribution in [0.15, 0.2) is 36.4 Å². The number of nitrogens with zero attached hydrogens (tertiary/aromatic N) is 3. The molecule has 2 heterocycles. The van der Waals surface area contributed by atoms with Crippen molar-refractivity contribution in [3.8, 4) is 5.75 Å². The van der Waals surface area contributed by atoms with Gasteiger partial charge in [0.05, 0.1) is 35.8 Å². The Kier molecular flexibility index (Phi) is 6.69. The fraction of sp³-hybridized carbons (Fsp3) is 0.292. The molecule has 1 aliphatic heterocycles. The second-order valence-corrected chi connectivity index (χ2v) is 7.93. The minimum Gasteiger partial charge on any atom is -0.495 e. The molecule has 8 nitrogen and oxygen atoms in total. The van der Waals surface area contributed by atoms with Crippen LogP contribution < -0.4 is 10.1 Å². The van der Waals surface area contributed by atoms with Gasteiger partial charge in [0.15, 0.2) is 0 Å². The largest absolute Gasteiger partial charge is 0.495 e. The molecule has 0 atom stereocenters. The number of hydrogen-bond acceptors (Lipinski definition) is 5. The summed E-state index contributed by atoms with van der Waals surface area (Å²) in [7, 11) is 3.51. The molecule has 2 aromatic carbocycles. The third-order valence-corrected chi connectivity index (χ3v) is 5.72. The number of piperazine rings is 1. The molecular formula is C24H26FN5O3. The molecule has 4 rings (SSSR count). The van der Waals surface area contributed by atoms with Crippen LogP contribution in [0.5, 0.6) is 5.75 Å². The first-order chi connectivity index (χ1) is 16.0. The van der Waals surface area contributed by atoms with E-state index < -0.39 is 5.91 Å². The number of likely N-dealkylation sites (N-methyl/N-ethyl adjacent to an activating group) is 1. The van der Waals surface area contributed by atoms with E-state index in [-0.39, 0.29) is 18.3 Å². The van der Waals surface area contributed by atoms with Crippen LogP contribution in [0.2, 0.25) is 0 Å². The summed E-state index contributed by atoms with van der Waals surface area (Å²) in [4.78, 5) is 29.3. The van der Waals surface area contributed by atoms with E-state index in [0.29, 0.717) is 41.0 Å². The molecule has 1 saturated heterocycles. The fourth-order valence-electron chi connectivity index (χ4n) is 3.79. The minimum atomic E-state index is -0.397. The molecule has 33 heavy (non-hydrogen) atoms. The van der Waals surface area contributed by atoms with Gasteiger partial charge in [0.1, 0.15) is 11.6 Å². The van der Waals surface area contributed by atoms with Crippen LogP contribution in [-0.4, -0.2) is 78.7 Å². The van der Waals surface area contributed by atoms with Crippen molar-refractivity contribution in [1.82, 2.24) is 25.3 Å². The topological polar surface area (TPSA) is 90.6 Å². The summed E-state index contributed by atoms with van der Waals surface area (Å²) in [5, 5.41) is 10.6. The smallest absolute Gasteiger partial charge is 0.255 e. The Hall–Kier alpha value is -3.72. The zero-order chi connectivity index (χ0) is 23.4. The van der Waals surface area contributed by atoms with Gasteiger partial charge in [-0.15, -0.1) is 0 Å². The lowest BCUT2D eigenvalue weighted by Gasteiger charge is -2.32. The number of methoxy groups -OCH3 is 1. The number of ether oxygens (including phenoxy) is 1. The van der Waals surface area contributed by atoms with E-state index in [1.165, 1.54) is 19.2 Å². The number of nitrogens with one attached hydrogen (secondary N) is 2. The first-order valence-corrected chi connectivity index (χ1v) is 10.7. The van der Waals surface area contributed by atoms with E-state index in [2.05, 4.69) is 20.4 Å². The van der Waals surface area contributed by atoms with Crippen LogP contribution >= 0.6 is 0 Å². The highest BCUT2D eigenvalue weighted by atomic mass is 19.1. The molecule has 1 aromatic heterocycles. The Balaban J connectivity index is 1.52. The van der Waals surface area contributed by atoms with Crippen molar-refractivity contribution in [3.63, 3.8) is 0 Å². The summed E-state index contributed by atoms with van der Waals surface area (Å²) in [6, 6.07) is 9.48. The molecule has 2 amide bonds. The van der Waals surface area contributed by atoms with Crippen LogP contribution in [-0.2, 0) is 4.79 Å². The Labute approximate surface area is 191 Å². The highest BCUT2D eigenvalue weighted by Crippen LogP contribution is 2.32. The van der Waals surface area contributed by atoms with E-state index in [1.807, 2.05) is 7.05 Å². The number of halogens is 1. The molecule has 9 heteroatoms. The SMILES string of the molecule is COc1c(C(=O)NCC(=O)N2CCN(C)CC2)ccc2[nH]nc(C=Cc3ccc(F)cc3)c12. The van der Waals surface area contributed by atoms with Gasteiger partial charge in [-0.3, -0.25) is 14.7 Å². The summed E-state index contributed by atoms with van der Waals surface area (Å²) >= 11 is 0. The molecule has 1 fully saturated rings. The van der Waals surface area contributed by atoms with Crippen LogP contribution in [0.1, 0.15) is 21.6 Å². The van der Waals surface area contributed by atoms with Crippen LogP contribution in [0.25, 0.3) is 23.1 Å². The third kappa shape index (κ3) is 5.04. The Morgan fingerprint density at radius 1 is 1.12 bits per heavy atom. The van der Waals surface area contributed by atoms with E-state index in [4.69, 9.17) is 4.74 Å². The maximum Gasteiger partial charge on any atom is 0.255 e. The monoisotopic (exact) mass is 451 g/mol. The quantitative estimate of drug-likeness (QED) is 0.601. The first kappa shape index (κ1) is 22.5. The molecule has 2 N–H and O–H groups in total. The van der Waals surface area contributed by atoms with Gasteiger partial charge in [0.2, 0.25) is 5.91 Å². The highest BCUT2D eigenvalue weighted by molar-refractivity contribution is 6.06. The van der Waals surface area contributed by atoms with Gasteiger partial charge >= 0.3 is 0 Å². The van der Waals surface area contributed by atoms with Crippen LogP contribution in [0.4, 0.5) is 4.39 Å². The molecule has 0 saturated carbocycles. The van der Waals surface area contributed by atoms with E-state index in [0.717, 1.165) is 18.7 Å². The summed E-state index contributed by atoms with van der Waals surface area (Å²) < 4.78 is 18.7. The lowest BCUT2D eigenvalue weighted by Crippen LogP contribution is -2.50. The molecule has 0 radical (unpaired) electrons. The number of carbonyl (C=O) groups excluding carboxylic acids is 2. The zero-order valence-electron chi connectivity index (χ0n) is 18.6. The Morgan fingerprint density at radius 3 is 2.55 bits per heavy atom. The van der Waals surface area contributed by atoms with Gasteiger partial charge in [-0.2, -0.15) is 5.10 Å². The summed E-state index contributed by atoms with van der Waals surface area (Å²) in [6.07, 6.45) is 3.57. The number of amides is 2. The van der Waals surface area contributed by atoms with Gasteiger partial charge in [-0.1, -0.05) is 18.2 Å². The maximum atomic E-state index is 13.1. The van der Waals surface area contributed by atoms with Crippen molar-refractivity contribution >= 4 is 34.9 Å². The average molecular weight is 452 g/mol. The van der Waals surface area contributed by atoms with E-state index in [9.17, 15) is 14.0 Å².